The van der Waals surface area contributed by atoms with Crippen molar-refractivity contribution >= 4 is 58.7 Å². The largest absolute Gasteiger partial charge is 0.748 e. The van der Waals surface area contributed by atoms with Gasteiger partial charge in [-0.15, -0.1) is 0 Å². The number of hydrogen-bond acceptors (Lipinski definition) is 11. The lowest BCUT2D eigenvalue weighted by Gasteiger charge is -2.41. The fraction of sp³-hybridized carbons (Fsp3) is 0.294. The van der Waals surface area contributed by atoms with Gasteiger partial charge in [-0.05, 0) is 54.8 Å². The lowest BCUT2D eigenvalue weighted by molar-refractivity contribution is 0.0696. The highest BCUT2D eigenvalue weighted by molar-refractivity contribution is 7.86. The van der Waals surface area contributed by atoms with E-state index < -0.39 is 69.6 Å². The summed E-state index contributed by atoms with van der Waals surface area (Å²) in [5.74, 6) is -3.63. The summed E-state index contributed by atoms with van der Waals surface area (Å²) < 4.78 is 118. The van der Waals surface area contributed by atoms with Gasteiger partial charge >= 0.3 is 5.97 Å². The number of likely N-dealkylation sites (N-methyl/N-ethyl adjacent to an activating group) is 2. The van der Waals surface area contributed by atoms with E-state index in [2.05, 4.69) is 0 Å². The highest BCUT2D eigenvalue weighted by Crippen LogP contribution is 2.47. The van der Waals surface area contributed by atoms with Crippen molar-refractivity contribution in [3.8, 4) is 11.5 Å². The molecule has 0 fully saturated rings. The quantitative estimate of drug-likeness (QED) is 0.204. The van der Waals surface area contributed by atoms with Gasteiger partial charge in [0, 0.05) is 54.6 Å². The molecule has 14 nitrogen and oxygen atoms in total. The van der Waals surface area contributed by atoms with E-state index in [9.17, 15) is 48.8 Å². The van der Waals surface area contributed by atoms with E-state index in [1.54, 1.807) is 45.7 Å². The Kier molecular flexibility index (Phi) is 8.25. The third-order valence-corrected chi connectivity index (χ3v) is 11.8. The number of ether oxygens (including phenoxy) is 1. The molecule has 0 atom stereocenters. The van der Waals surface area contributed by atoms with E-state index in [0.29, 0.717) is 11.3 Å². The summed E-state index contributed by atoms with van der Waals surface area (Å²) in [4.78, 5) is 13.6. The van der Waals surface area contributed by atoms with E-state index in [1.807, 2.05) is 0 Å². The van der Waals surface area contributed by atoms with Crippen LogP contribution in [-0.2, 0) is 30.4 Å². The van der Waals surface area contributed by atoms with Gasteiger partial charge in [0.15, 0.2) is 16.2 Å². The second kappa shape index (κ2) is 11.6. The SMILES string of the molecule is CN1c2cc3c(cc2C(CS(=O)(=O)O)=CC1(C)C)C(c1ccccc1C(=O)O)=c1cc2c(c(S(=O)(=O)[O-])c1O3)=[N+](C)C(C)(C)C=C2CS(=O)(=O)[O-]. The summed E-state index contributed by atoms with van der Waals surface area (Å²) in [6.45, 7) is 6.86. The molecule has 3 aliphatic heterocycles. The Morgan fingerprint density at radius 2 is 1.51 bits per heavy atom. The normalized spacial score (nSPS) is 17.7. The topological polar surface area (TPSA) is 222 Å². The Labute approximate surface area is 294 Å². The first-order valence-electron chi connectivity index (χ1n) is 15.3. The molecule has 51 heavy (non-hydrogen) atoms. The number of aromatic carboxylic acids is 1. The van der Waals surface area contributed by atoms with Gasteiger partial charge < -0.3 is 23.8 Å². The van der Waals surface area contributed by atoms with Crippen molar-refractivity contribution in [2.45, 2.75) is 43.7 Å². The minimum atomic E-state index is -5.46. The van der Waals surface area contributed by atoms with Crippen molar-refractivity contribution < 1.29 is 53.5 Å². The summed E-state index contributed by atoms with van der Waals surface area (Å²) in [5, 5.41) is 9.96. The summed E-state index contributed by atoms with van der Waals surface area (Å²) >= 11 is 0. The number of rotatable bonds is 7. The molecule has 3 heterocycles. The smallest absolute Gasteiger partial charge is 0.336 e. The van der Waals surface area contributed by atoms with Gasteiger partial charge in [-0.3, -0.25) is 4.55 Å². The van der Waals surface area contributed by atoms with Crippen molar-refractivity contribution in [3.05, 3.63) is 93.0 Å². The Bertz CT molecular complexity index is 2640. The highest BCUT2D eigenvalue weighted by atomic mass is 32.2. The summed E-state index contributed by atoms with van der Waals surface area (Å²) in [6.07, 6.45) is 3.13. The van der Waals surface area contributed by atoms with Crippen LogP contribution in [0.2, 0.25) is 0 Å². The number of carboxylic acid groups (broad SMARTS) is 1. The van der Waals surface area contributed by atoms with Crippen molar-refractivity contribution in [3.63, 3.8) is 0 Å². The summed E-state index contributed by atoms with van der Waals surface area (Å²) in [6, 6.07) is 10.2. The zero-order chi connectivity index (χ0) is 37.8. The lowest BCUT2D eigenvalue weighted by Crippen LogP contribution is -2.49. The van der Waals surface area contributed by atoms with Crippen molar-refractivity contribution in [2.75, 3.05) is 30.5 Å². The fourth-order valence-electron chi connectivity index (χ4n) is 6.97. The Morgan fingerprint density at radius 3 is 2.10 bits per heavy atom. The average molecular weight is 758 g/mol. The summed E-state index contributed by atoms with van der Waals surface area (Å²) in [7, 11) is -11.7. The molecule has 0 saturated heterocycles. The minimum Gasteiger partial charge on any atom is -0.748 e. The predicted molar refractivity (Wildman–Crippen MR) is 186 cm³/mol. The molecule has 0 radical (unpaired) electrons. The molecule has 3 aromatic carbocycles. The predicted octanol–water partition coefficient (Wildman–Crippen LogP) is 1.98. The zero-order valence-electron chi connectivity index (χ0n) is 28.2. The first-order chi connectivity index (χ1) is 23.3. The maximum atomic E-state index is 13.3. The molecule has 6 rings (SSSR count). The lowest BCUT2D eigenvalue weighted by atomic mass is 9.83. The van der Waals surface area contributed by atoms with Gasteiger partial charge in [-0.2, -0.15) is 8.42 Å². The van der Waals surface area contributed by atoms with Gasteiger partial charge in [-0.1, -0.05) is 24.3 Å². The number of hydrogen-bond donors (Lipinski definition) is 2. The van der Waals surface area contributed by atoms with Crippen LogP contribution in [0.3, 0.4) is 0 Å². The first-order valence-corrected chi connectivity index (χ1v) is 19.9. The van der Waals surface area contributed by atoms with Crippen LogP contribution in [0.25, 0.3) is 16.7 Å². The zero-order valence-corrected chi connectivity index (χ0v) is 30.7. The van der Waals surface area contributed by atoms with Crippen molar-refractivity contribution in [2.24, 2.45) is 0 Å². The van der Waals surface area contributed by atoms with E-state index in [4.69, 9.17) is 4.74 Å². The highest BCUT2D eigenvalue weighted by Gasteiger charge is 2.40. The van der Waals surface area contributed by atoms with Crippen LogP contribution in [0, 0.1) is 0 Å². The standard InChI is InChI=1S/C34H34N2O12S3/c1-33(2)14-18(16-49(39,40)41)22-11-24-27(13-26(22)35(33)5)48-30-25(28(24)20-9-7-8-10-21(20)32(37)38)12-23-19(17-50(42,43)44)15-34(3,4)36(6)29(23)31(30)51(45,46)47/h7-15H,16-17H2,1-6H3,(H3-,37,38,39,40,41,42,43,44,45,46,47)/p-1. The second-order valence-corrected chi connectivity index (χ2v) is 18.0. The van der Waals surface area contributed by atoms with Crippen molar-refractivity contribution in [1.82, 2.24) is 4.58 Å². The minimum absolute atomic E-state index is 0.00679. The summed E-state index contributed by atoms with van der Waals surface area (Å²) in [5.41, 5.74) is -1.01. The van der Waals surface area contributed by atoms with Crippen LogP contribution in [-0.4, -0.2) is 86.7 Å². The molecule has 0 aliphatic carbocycles. The third-order valence-electron chi connectivity index (χ3n) is 9.58. The number of carbonyl (C=O) groups is 1. The Hall–Kier alpha value is -4.39. The molecule has 17 heteroatoms. The molecule has 0 spiro atoms. The molecule has 270 valence electrons. The number of carboxylic acids is 1. The van der Waals surface area contributed by atoms with E-state index in [0.717, 1.165) is 0 Å². The van der Waals surface area contributed by atoms with Gasteiger partial charge in [0.05, 0.1) is 32.5 Å². The molecular formula is C34H33N2O12S3-. The average Bonchev–Trinajstić information content (AvgIpc) is 2.97. The molecule has 0 saturated carbocycles. The Morgan fingerprint density at radius 1 is 0.882 bits per heavy atom. The van der Waals surface area contributed by atoms with E-state index in [1.165, 1.54) is 60.2 Å². The van der Waals surface area contributed by atoms with Crippen molar-refractivity contribution in [1.29, 1.82) is 0 Å². The molecular weight excluding hydrogens is 725 g/mol. The van der Waals surface area contributed by atoms with Crippen LogP contribution in [0.15, 0.2) is 59.5 Å². The molecule has 0 amide bonds. The van der Waals surface area contributed by atoms with Crippen LogP contribution >= 0.6 is 0 Å². The number of anilines is 1. The maximum absolute atomic E-state index is 13.3. The van der Waals surface area contributed by atoms with Gasteiger partial charge in [0.2, 0.25) is 5.36 Å². The van der Waals surface area contributed by atoms with Gasteiger partial charge in [0.1, 0.15) is 28.7 Å². The van der Waals surface area contributed by atoms with Crippen LogP contribution in [0.1, 0.15) is 60.3 Å². The van der Waals surface area contributed by atoms with Gasteiger partial charge in [-0.25, -0.2) is 26.2 Å². The third kappa shape index (κ3) is 6.38. The number of benzene rings is 3. The maximum Gasteiger partial charge on any atom is 0.336 e. The van der Waals surface area contributed by atoms with Crippen LogP contribution in [0.4, 0.5) is 5.69 Å². The van der Waals surface area contributed by atoms with Crippen LogP contribution < -0.4 is 24.8 Å². The van der Waals surface area contributed by atoms with Gasteiger partial charge in [0.25, 0.3) is 10.1 Å². The molecule has 0 bridgehead atoms. The molecule has 0 aromatic heterocycles. The monoisotopic (exact) mass is 757 g/mol. The Balaban J connectivity index is 1.88. The molecule has 3 aliphatic rings. The van der Waals surface area contributed by atoms with E-state index in [-0.39, 0.29) is 55.3 Å². The second-order valence-electron chi connectivity index (χ2n) is 13.8. The van der Waals surface area contributed by atoms with Crippen LogP contribution in [0.5, 0.6) is 11.5 Å². The fourth-order valence-corrected chi connectivity index (χ4v) is 9.08. The number of nitrogens with zero attached hydrogens (tertiary/aromatic N) is 2. The van der Waals surface area contributed by atoms with E-state index >= 15 is 0 Å². The molecule has 2 N–H and O–H groups in total. The molecule has 3 aromatic rings. The number of fused-ring (bicyclic) bond motifs is 4. The first kappa shape index (κ1) is 36.4. The molecule has 0 unspecified atom stereocenters.